The largest absolute Gasteiger partial charge is 0.493 e. The van der Waals surface area contributed by atoms with Crippen LogP contribution in [0.4, 0.5) is 0 Å². The third kappa shape index (κ3) is 6.00. The number of aliphatic hydroxyl groups is 1. The van der Waals surface area contributed by atoms with Crippen LogP contribution in [0.25, 0.3) is 0 Å². The zero-order chi connectivity index (χ0) is 13.2. The highest BCUT2D eigenvalue weighted by Gasteiger charge is 2.02. The van der Waals surface area contributed by atoms with Crippen molar-refractivity contribution in [3.63, 3.8) is 0 Å². The highest BCUT2D eigenvalue weighted by Crippen LogP contribution is 2.17. The molecular weight excluding hydrogens is 228 g/mol. The van der Waals surface area contributed by atoms with E-state index in [0.717, 1.165) is 37.4 Å². The molecule has 4 nitrogen and oxygen atoms in total. The average molecular weight is 252 g/mol. The molecule has 4 heteroatoms. The number of benzene rings is 1. The quantitative estimate of drug-likeness (QED) is 0.646. The van der Waals surface area contributed by atoms with Crippen molar-refractivity contribution in [3.05, 3.63) is 29.8 Å². The molecule has 0 fully saturated rings. The first-order valence-electron chi connectivity index (χ1n) is 6.41. The molecule has 0 saturated heterocycles. The molecule has 0 aliphatic rings. The van der Waals surface area contributed by atoms with Gasteiger partial charge in [0, 0.05) is 25.2 Å². The second-order valence-electron chi connectivity index (χ2n) is 4.51. The predicted octanol–water partition coefficient (Wildman–Crippen LogP) is 1.10. The lowest BCUT2D eigenvalue weighted by atomic mass is 10.2. The van der Waals surface area contributed by atoms with Crippen LogP contribution < -0.4 is 10.1 Å². The third-order valence-electron chi connectivity index (χ3n) is 2.58. The van der Waals surface area contributed by atoms with Crippen molar-refractivity contribution in [2.24, 2.45) is 0 Å². The maximum absolute atomic E-state index is 8.74. The number of aliphatic hydroxyl groups excluding tert-OH is 1. The molecule has 1 aromatic rings. The summed E-state index contributed by atoms with van der Waals surface area (Å²) in [5, 5.41) is 11.9. The smallest absolute Gasteiger partial charge is 0.123 e. The van der Waals surface area contributed by atoms with Crippen LogP contribution in [-0.4, -0.2) is 50.4 Å². The topological polar surface area (TPSA) is 44.7 Å². The Bertz CT molecular complexity index is 329. The summed E-state index contributed by atoms with van der Waals surface area (Å²) in [6.07, 6.45) is 1.02. The van der Waals surface area contributed by atoms with E-state index in [9.17, 15) is 0 Å². The highest BCUT2D eigenvalue weighted by molar-refractivity contribution is 5.33. The van der Waals surface area contributed by atoms with Gasteiger partial charge in [0.05, 0.1) is 13.2 Å². The molecule has 0 amide bonds. The van der Waals surface area contributed by atoms with Crippen LogP contribution in [0, 0.1) is 0 Å². The van der Waals surface area contributed by atoms with Crippen LogP contribution >= 0.6 is 0 Å². The van der Waals surface area contributed by atoms with Crippen LogP contribution in [0.5, 0.6) is 5.75 Å². The van der Waals surface area contributed by atoms with Gasteiger partial charge >= 0.3 is 0 Å². The van der Waals surface area contributed by atoms with E-state index in [4.69, 9.17) is 9.84 Å². The molecule has 0 heterocycles. The summed E-state index contributed by atoms with van der Waals surface area (Å²) in [7, 11) is 4.12. The van der Waals surface area contributed by atoms with E-state index in [1.165, 1.54) is 0 Å². The minimum Gasteiger partial charge on any atom is -0.493 e. The number of nitrogens with one attached hydrogen (secondary N) is 1. The number of para-hydroxylation sites is 1. The molecule has 1 rings (SSSR count). The van der Waals surface area contributed by atoms with Crippen LogP contribution in [0.3, 0.4) is 0 Å². The number of ether oxygens (including phenoxy) is 1. The fraction of sp³-hybridized carbons (Fsp3) is 0.571. The van der Waals surface area contributed by atoms with Gasteiger partial charge in [-0.05, 0) is 26.6 Å². The molecule has 0 aliphatic heterocycles. The Kier molecular flexibility index (Phi) is 7.41. The lowest BCUT2D eigenvalue weighted by Crippen LogP contribution is -2.18. The Balaban J connectivity index is 2.38. The van der Waals surface area contributed by atoms with Gasteiger partial charge in [-0.15, -0.1) is 0 Å². The lowest BCUT2D eigenvalue weighted by molar-refractivity contribution is 0.276. The van der Waals surface area contributed by atoms with Crippen molar-refractivity contribution >= 4 is 0 Å². The summed E-state index contributed by atoms with van der Waals surface area (Å²) in [5.41, 5.74) is 1.14. The summed E-state index contributed by atoms with van der Waals surface area (Å²) in [6, 6.07) is 8.02. The predicted molar refractivity (Wildman–Crippen MR) is 73.9 cm³/mol. The second kappa shape index (κ2) is 8.91. The Morgan fingerprint density at radius 1 is 1.28 bits per heavy atom. The fourth-order valence-electron chi connectivity index (χ4n) is 1.66. The maximum atomic E-state index is 8.74. The summed E-state index contributed by atoms with van der Waals surface area (Å²) in [6.45, 7) is 3.26. The van der Waals surface area contributed by atoms with Crippen LogP contribution in [0.1, 0.15) is 12.0 Å². The molecule has 1 aromatic carbocycles. The van der Waals surface area contributed by atoms with Crippen molar-refractivity contribution in [2.75, 3.05) is 40.4 Å². The Morgan fingerprint density at radius 3 is 2.78 bits per heavy atom. The first-order valence-corrected chi connectivity index (χ1v) is 6.41. The summed E-state index contributed by atoms with van der Waals surface area (Å²) in [5.74, 6) is 0.932. The van der Waals surface area contributed by atoms with E-state index in [2.05, 4.69) is 24.3 Å². The van der Waals surface area contributed by atoms with Gasteiger partial charge in [-0.1, -0.05) is 18.2 Å². The summed E-state index contributed by atoms with van der Waals surface area (Å²) in [4.78, 5) is 2.15. The van der Waals surface area contributed by atoms with Crippen molar-refractivity contribution in [1.82, 2.24) is 10.2 Å². The van der Waals surface area contributed by atoms with Gasteiger partial charge in [0.2, 0.25) is 0 Å². The van der Waals surface area contributed by atoms with Gasteiger partial charge in [0.25, 0.3) is 0 Å². The summed E-state index contributed by atoms with van der Waals surface area (Å²) >= 11 is 0. The van der Waals surface area contributed by atoms with Gasteiger partial charge in [-0.3, -0.25) is 0 Å². The summed E-state index contributed by atoms with van der Waals surface area (Å²) < 4.78 is 5.79. The molecule has 0 aromatic heterocycles. The van der Waals surface area contributed by atoms with Crippen molar-refractivity contribution in [1.29, 1.82) is 0 Å². The van der Waals surface area contributed by atoms with Crippen LogP contribution in [0.2, 0.25) is 0 Å². The van der Waals surface area contributed by atoms with Gasteiger partial charge in [-0.25, -0.2) is 0 Å². The Hall–Kier alpha value is -1.10. The zero-order valence-corrected chi connectivity index (χ0v) is 11.4. The Labute approximate surface area is 110 Å². The SMILES string of the molecule is CN(C)CCCOc1ccccc1CNCCO. The zero-order valence-electron chi connectivity index (χ0n) is 11.4. The van der Waals surface area contributed by atoms with E-state index in [1.807, 2.05) is 24.3 Å². The minimum absolute atomic E-state index is 0.159. The molecule has 0 saturated carbocycles. The first kappa shape index (κ1) is 15.0. The van der Waals surface area contributed by atoms with E-state index in [1.54, 1.807) is 0 Å². The molecule has 0 atom stereocenters. The number of hydrogen-bond donors (Lipinski definition) is 2. The molecule has 102 valence electrons. The van der Waals surface area contributed by atoms with Gasteiger partial charge < -0.3 is 20.1 Å². The van der Waals surface area contributed by atoms with E-state index < -0.39 is 0 Å². The average Bonchev–Trinajstić information content (AvgIpc) is 2.36. The molecule has 0 radical (unpaired) electrons. The second-order valence-corrected chi connectivity index (χ2v) is 4.51. The van der Waals surface area contributed by atoms with Crippen molar-refractivity contribution in [3.8, 4) is 5.75 Å². The molecular formula is C14H24N2O2. The van der Waals surface area contributed by atoms with Crippen molar-refractivity contribution in [2.45, 2.75) is 13.0 Å². The minimum atomic E-state index is 0.159. The first-order chi connectivity index (χ1) is 8.74. The maximum Gasteiger partial charge on any atom is 0.123 e. The van der Waals surface area contributed by atoms with Crippen LogP contribution in [-0.2, 0) is 6.54 Å². The third-order valence-corrected chi connectivity index (χ3v) is 2.58. The number of hydrogen-bond acceptors (Lipinski definition) is 4. The molecule has 0 aliphatic carbocycles. The number of nitrogens with zero attached hydrogens (tertiary/aromatic N) is 1. The monoisotopic (exact) mass is 252 g/mol. The number of rotatable bonds is 9. The van der Waals surface area contributed by atoms with Gasteiger partial charge in [-0.2, -0.15) is 0 Å². The van der Waals surface area contributed by atoms with E-state index in [0.29, 0.717) is 6.54 Å². The molecule has 0 bridgehead atoms. The van der Waals surface area contributed by atoms with Gasteiger partial charge in [0.1, 0.15) is 5.75 Å². The molecule has 18 heavy (non-hydrogen) atoms. The standard InChI is InChI=1S/C14H24N2O2/c1-16(2)9-5-11-18-14-7-4-3-6-13(14)12-15-8-10-17/h3-4,6-7,15,17H,5,8-12H2,1-2H3. The van der Waals surface area contributed by atoms with Gasteiger partial charge in [0.15, 0.2) is 0 Å². The van der Waals surface area contributed by atoms with Crippen molar-refractivity contribution < 1.29 is 9.84 Å². The fourth-order valence-corrected chi connectivity index (χ4v) is 1.66. The van der Waals surface area contributed by atoms with E-state index >= 15 is 0 Å². The molecule has 0 unspecified atom stereocenters. The Morgan fingerprint density at radius 2 is 2.06 bits per heavy atom. The molecule has 0 spiro atoms. The normalized spacial score (nSPS) is 10.9. The van der Waals surface area contributed by atoms with E-state index in [-0.39, 0.29) is 6.61 Å². The highest BCUT2D eigenvalue weighted by atomic mass is 16.5. The van der Waals surface area contributed by atoms with Crippen LogP contribution in [0.15, 0.2) is 24.3 Å². The lowest BCUT2D eigenvalue weighted by Gasteiger charge is -2.13. The molecule has 2 N–H and O–H groups in total.